The van der Waals surface area contributed by atoms with Gasteiger partial charge < -0.3 is 15.1 Å². The molecule has 2 aliphatic rings. The van der Waals surface area contributed by atoms with Crippen molar-refractivity contribution in [2.24, 2.45) is 0 Å². The zero-order chi connectivity index (χ0) is 13.8. The summed E-state index contributed by atoms with van der Waals surface area (Å²) < 4.78 is 0. The first-order valence-electron chi connectivity index (χ1n) is 7.36. The molecule has 6 heteroatoms. The molecule has 0 aliphatic carbocycles. The van der Waals surface area contributed by atoms with Crippen LogP contribution in [0.5, 0.6) is 0 Å². The SMILES string of the molecule is O=C(CC1CCCN1)N1CCN(c2ncccn2)CC1. The van der Waals surface area contributed by atoms with Gasteiger partial charge in [0.2, 0.25) is 11.9 Å². The number of rotatable bonds is 3. The van der Waals surface area contributed by atoms with Crippen LogP contribution in [0.2, 0.25) is 0 Å². The Labute approximate surface area is 119 Å². The van der Waals surface area contributed by atoms with Gasteiger partial charge >= 0.3 is 0 Å². The fourth-order valence-electron chi connectivity index (χ4n) is 2.88. The van der Waals surface area contributed by atoms with Gasteiger partial charge in [0, 0.05) is 51.0 Å². The molecule has 108 valence electrons. The van der Waals surface area contributed by atoms with Crippen LogP contribution in [0.1, 0.15) is 19.3 Å². The van der Waals surface area contributed by atoms with Crippen molar-refractivity contribution < 1.29 is 4.79 Å². The molecule has 3 heterocycles. The van der Waals surface area contributed by atoms with Crippen molar-refractivity contribution in [3.8, 4) is 0 Å². The van der Waals surface area contributed by atoms with Crippen molar-refractivity contribution in [3.05, 3.63) is 18.5 Å². The van der Waals surface area contributed by atoms with Crippen molar-refractivity contribution in [1.29, 1.82) is 0 Å². The van der Waals surface area contributed by atoms with E-state index in [1.54, 1.807) is 12.4 Å². The lowest BCUT2D eigenvalue weighted by molar-refractivity contribution is -0.131. The summed E-state index contributed by atoms with van der Waals surface area (Å²) in [7, 11) is 0. The van der Waals surface area contributed by atoms with Crippen LogP contribution in [0.25, 0.3) is 0 Å². The van der Waals surface area contributed by atoms with Crippen molar-refractivity contribution in [1.82, 2.24) is 20.2 Å². The third kappa shape index (κ3) is 3.07. The Morgan fingerprint density at radius 3 is 2.65 bits per heavy atom. The van der Waals surface area contributed by atoms with E-state index in [-0.39, 0.29) is 5.91 Å². The van der Waals surface area contributed by atoms with E-state index in [2.05, 4.69) is 20.2 Å². The van der Waals surface area contributed by atoms with Crippen LogP contribution in [-0.2, 0) is 4.79 Å². The molecule has 1 aromatic rings. The van der Waals surface area contributed by atoms with Gasteiger partial charge in [0.15, 0.2) is 0 Å². The van der Waals surface area contributed by atoms with Crippen LogP contribution in [0.15, 0.2) is 18.5 Å². The molecule has 1 N–H and O–H groups in total. The van der Waals surface area contributed by atoms with Crippen LogP contribution in [0.4, 0.5) is 5.95 Å². The van der Waals surface area contributed by atoms with Gasteiger partial charge in [0.1, 0.15) is 0 Å². The molecular weight excluding hydrogens is 254 g/mol. The fourth-order valence-corrected chi connectivity index (χ4v) is 2.88. The van der Waals surface area contributed by atoms with Gasteiger partial charge in [0.05, 0.1) is 0 Å². The van der Waals surface area contributed by atoms with E-state index in [0.717, 1.165) is 45.1 Å². The predicted octanol–water partition coefficient (Wildman–Crippen LogP) is 0.267. The average molecular weight is 275 g/mol. The number of carbonyl (C=O) groups excluding carboxylic acids is 1. The van der Waals surface area contributed by atoms with Crippen molar-refractivity contribution in [2.75, 3.05) is 37.6 Å². The van der Waals surface area contributed by atoms with Crippen LogP contribution in [-0.4, -0.2) is 59.5 Å². The quantitative estimate of drug-likeness (QED) is 0.858. The molecule has 3 rings (SSSR count). The van der Waals surface area contributed by atoms with E-state index in [1.807, 2.05) is 11.0 Å². The van der Waals surface area contributed by atoms with E-state index < -0.39 is 0 Å². The number of hydrogen-bond acceptors (Lipinski definition) is 5. The van der Waals surface area contributed by atoms with E-state index in [4.69, 9.17) is 0 Å². The van der Waals surface area contributed by atoms with E-state index >= 15 is 0 Å². The monoisotopic (exact) mass is 275 g/mol. The third-order valence-electron chi connectivity index (χ3n) is 4.05. The highest BCUT2D eigenvalue weighted by Crippen LogP contribution is 2.13. The first-order chi connectivity index (χ1) is 9.83. The molecule has 2 saturated heterocycles. The summed E-state index contributed by atoms with van der Waals surface area (Å²) in [6, 6.07) is 2.20. The molecule has 0 spiro atoms. The maximum Gasteiger partial charge on any atom is 0.225 e. The highest BCUT2D eigenvalue weighted by atomic mass is 16.2. The topological polar surface area (TPSA) is 61.4 Å². The minimum Gasteiger partial charge on any atom is -0.339 e. The maximum absolute atomic E-state index is 12.2. The molecule has 1 aromatic heterocycles. The summed E-state index contributed by atoms with van der Waals surface area (Å²) in [6.45, 7) is 4.21. The summed E-state index contributed by atoms with van der Waals surface area (Å²) in [5, 5.41) is 3.38. The largest absolute Gasteiger partial charge is 0.339 e. The lowest BCUT2D eigenvalue weighted by atomic mass is 10.1. The first-order valence-corrected chi connectivity index (χ1v) is 7.36. The Hall–Kier alpha value is -1.69. The zero-order valence-corrected chi connectivity index (χ0v) is 11.7. The molecule has 2 fully saturated rings. The molecule has 1 unspecified atom stereocenters. The van der Waals surface area contributed by atoms with Crippen LogP contribution in [0, 0.1) is 0 Å². The van der Waals surface area contributed by atoms with Gasteiger partial charge in [-0.1, -0.05) is 0 Å². The second-order valence-electron chi connectivity index (χ2n) is 5.41. The zero-order valence-electron chi connectivity index (χ0n) is 11.7. The first kappa shape index (κ1) is 13.3. The summed E-state index contributed by atoms with van der Waals surface area (Å²) >= 11 is 0. The van der Waals surface area contributed by atoms with E-state index in [1.165, 1.54) is 6.42 Å². The number of anilines is 1. The van der Waals surface area contributed by atoms with Gasteiger partial charge in [-0.2, -0.15) is 0 Å². The molecule has 0 saturated carbocycles. The van der Waals surface area contributed by atoms with Crippen molar-refractivity contribution in [3.63, 3.8) is 0 Å². The van der Waals surface area contributed by atoms with Gasteiger partial charge in [-0.3, -0.25) is 4.79 Å². The Morgan fingerprint density at radius 2 is 2.00 bits per heavy atom. The van der Waals surface area contributed by atoms with Gasteiger partial charge in [-0.25, -0.2) is 9.97 Å². The molecule has 2 aliphatic heterocycles. The average Bonchev–Trinajstić information content (AvgIpc) is 3.01. The second kappa shape index (κ2) is 6.17. The lowest BCUT2D eigenvalue weighted by Gasteiger charge is -2.35. The fraction of sp³-hybridized carbons (Fsp3) is 0.643. The standard InChI is InChI=1S/C14H21N5O/c20-13(11-12-3-1-4-15-12)18-7-9-19(10-8-18)14-16-5-2-6-17-14/h2,5-6,12,15H,1,3-4,7-11H2. The molecule has 0 radical (unpaired) electrons. The predicted molar refractivity (Wildman–Crippen MR) is 76.5 cm³/mol. The molecule has 1 atom stereocenters. The number of piperazine rings is 1. The minimum absolute atomic E-state index is 0.276. The van der Waals surface area contributed by atoms with Crippen LogP contribution in [0.3, 0.4) is 0 Å². The van der Waals surface area contributed by atoms with Gasteiger partial charge in [0.25, 0.3) is 0 Å². The molecule has 6 nitrogen and oxygen atoms in total. The highest BCUT2D eigenvalue weighted by molar-refractivity contribution is 5.77. The Bertz CT molecular complexity index is 438. The normalized spacial score (nSPS) is 23.1. The Morgan fingerprint density at radius 1 is 1.25 bits per heavy atom. The molecule has 0 aromatic carbocycles. The minimum atomic E-state index is 0.276. The van der Waals surface area contributed by atoms with Crippen molar-refractivity contribution >= 4 is 11.9 Å². The van der Waals surface area contributed by atoms with Gasteiger partial charge in [-0.15, -0.1) is 0 Å². The van der Waals surface area contributed by atoms with Crippen LogP contribution >= 0.6 is 0 Å². The number of carbonyl (C=O) groups is 1. The third-order valence-corrected chi connectivity index (χ3v) is 4.05. The number of hydrogen-bond donors (Lipinski definition) is 1. The molecule has 1 amide bonds. The Kier molecular flexibility index (Phi) is 4.11. The smallest absolute Gasteiger partial charge is 0.225 e. The number of nitrogens with one attached hydrogen (secondary N) is 1. The summed E-state index contributed by atoms with van der Waals surface area (Å²) in [4.78, 5) is 24.9. The number of amides is 1. The Balaban J connectivity index is 1.49. The highest BCUT2D eigenvalue weighted by Gasteiger charge is 2.25. The molecule has 20 heavy (non-hydrogen) atoms. The van der Waals surface area contributed by atoms with Gasteiger partial charge in [-0.05, 0) is 25.5 Å². The molecular formula is C14H21N5O. The van der Waals surface area contributed by atoms with E-state index in [0.29, 0.717) is 12.5 Å². The number of nitrogens with zero attached hydrogens (tertiary/aromatic N) is 4. The summed E-state index contributed by atoms with van der Waals surface area (Å²) in [5.74, 6) is 1.04. The van der Waals surface area contributed by atoms with E-state index in [9.17, 15) is 4.79 Å². The van der Waals surface area contributed by atoms with Crippen LogP contribution < -0.4 is 10.2 Å². The lowest BCUT2D eigenvalue weighted by Crippen LogP contribution is -2.50. The van der Waals surface area contributed by atoms with Crippen molar-refractivity contribution in [2.45, 2.75) is 25.3 Å². The maximum atomic E-state index is 12.2. The number of aromatic nitrogens is 2. The second-order valence-corrected chi connectivity index (χ2v) is 5.41. The summed E-state index contributed by atoms with van der Waals surface area (Å²) in [6.07, 6.45) is 6.47. The molecule has 0 bridgehead atoms. The summed E-state index contributed by atoms with van der Waals surface area (Å²) in [5.41, 5.74) is 0.